The molecule has 6 heteroatoms. The van der Waals surface area contributed by atoms with Crippen molar-refractivity contribution < 1.29 is 13.2 Å². The first-order valence-electron chi connectivity index (χ1n) is 7.45. The Bertz CT molecular complexity index is 560. The molecule has 0 aliphatic carbocycles. The molecule has 1 atom stereocenters. The van der Waals surface area contributed by atoms with Gasteiger partial charge in [-0.3, -0.25) is 0 Å². The van der Waals surface area contributed by atoms with Crippen molar-refractivity contribution in [3.8, 4) is 0 Å². The lowest BCUT2D eigenvalue weighted by Crippen LogP contribution is -2.46. The van der Waals surface area contributed by atoms with Gasteiger partial charge in [0.15, 0.2) is 0 Å². The van der Waals surface area contributed by atoms with Crippen LogP contribution in [0.1, 0.15) is 25.8 Å². The van der Waals surface area contributed by atoms with Crippen molar-refractivity contribution in [3.05, 3.63) is 29.8 Å². The third-order valence-corrected chi connectivity index (χ3v) is 5.58. The Hall–Kier alpha value is -0.950. The van der Waals surface area contributed by atoms with Crippen LogP contribution >= 0.6 is 0 Å². The van der Waals surface area contributed by atoms with Crippen LogP contribution in [0.5, 0.6) is 0 Å². The summed E-state index contributed by atoms with van der Waals surface area (Å²) >= 11 is 0. The van der Waals surface area contributed by atoms with Gasteiger partial charge in [-0.2, -0.15) is 4.31 Å². The SMILES string of the molecule is CCCNCc1cccc(S(=O)(=O)N2CCOCC2C)c1. The highest BCUT2D eigenvalue weighted by Gasteiger charge is 2.31. The van der Waals surface area contributed by atoms with Crippen LogP contribution < -0.4 is 5.32 Å². The van der Waals surface area contributed by atoms with Gasteiger partial charge in [0.1, 0.15) is 0 Å². The van der Waals surface area contributed by atoms with Gasteiger partial charge in [0, 0.05) is 19.1 Å². The lowest BCUT2D eigenvalue weighted by atomic mass is 10.2. The monoisotopic (exact) mass is 312 g/mol. The van der Waals surface area contributed by atoms with E-state index in [9.17, 15) is 8.42 Å². The predicted octanol–water partition coefficient (Wildman–Crippen LogP) is 1.60. The van der Waals surface area contributed by atoms with Crippen LogP contribution in [0.15, 0.2) is 29.2 Å². The van der Waals surface area contributed by atoms with Crippen LogP contribution in [0.3, 0.4) is 0 Å². The second kappa shape index (κ2) is 7.35. The average Bonchev–Trinajstić information content (AvgIpc) is 2.48. The molecule has 0 spiro atoms. The molecule has 5 nitrogen and oxygen atoms in total. The Kier molecular flexibility index (Phi) is 5.75. The molecule has 1 fully saturated rings. The van der Waals surface area contributed by atoms with E-state index < -0.39 is 10.0 Å². The summed E-state index contributed by atoms with van der Waals surface area (Å²) in [5.74, 6) is 0. The van der Waals surface area contributed by atoms with E-state index in [2.05, 4.69) is 12.2 Å². The summed E-state index contributed by atoms with van der Waals surface area (Å²) in [4.78, 5) is 0.368. The standard InChI is InChI=1S/C15H24N2O3S/c1-3-7-16-11-14-5-4-6-15(10-14)21(18,19)17-8-9-20-12-13(17)2/h4-6,10,13,16H,3,7-9,11-12H2,1-2H3. The van der Waals surface area contributed by atoms with Gasteiger partial charge in [-0.25, -0.2) is 8.42 Å². The number of morpholine rings is 1. The molecule has 1 unspecified atom stereocenters. The van der Waals surface area contributed by atoms with E-state index in [1.54, 1.807) is 18.2 Å². The van der Waals surface area contributed by atoms with Crippen LogP contribution in [0.4, 0.5) is 0 Å². The average molecular weight is 312 g/mol. The zero-order valence-electron chi connectivity index (χ0n) is 12.7. The van der Waals surface area contributed by atoms with Crippen molar-refractivity contribution in [2.24, 2.45) is 0 Å². The van der Waals surface area contributed by atoms with Gasteiger partial charge in [-0.05, 0) is 37.6 Å². The molecule has 0 radical (unpaired) electrons. The highest BCUT2D eigenvalue weighted by Crippen LogP contribution is 2.21. The smallest absolute Gasteiger partial charge is 0.243 e. The topological polar surface area (TPSA) is 58.6 Å². The lowest BCUT2D eigenvalue weighted by Gasteiger charge is -2.32. The van der Waals surface area contributed by atoms with Crippen LogP contribution in [-0.2, 0) is 21.3 Å². The minimum absolute atomic E-state index is 0.120. The minimum atomic E-state index is -3.44. The van der Waals surface area contributed by atoms with Gasteiger partial charge in [0.05, 0.1) is 18.1 Å². The fourth-order valence-electron chi connectivity index (χ4n) is 2.43. The minimum Gasteiger partial charge on any atom is -0.378 e. The van der Waals surface area contributed by atoms with Gasteiger partial charge < -0.3 is 10.1 Å². The summed E-state index contributed by atoms with van der Waals surface area (Å²) in [6.45, 7) is 6.94. The Morgan fingerprint density at radius 2 is 2.24 bits per heavy atom. The quantitative estimate of drug-likeness (QED) is 0.811. The Morgan fingerprint density at radius 3 is 2.95 bits per heavy atom. The lowest BCUT2D eigenvalue weighted by molar-refractivity contribution is 0.0393. The second-order valence-electron chi connectivity index (χ2n) is 5.36. The first kappa shape index (κ1) is 16.4. The maximum atomic E-state index is 12.7. The fourth-order valence-corrected chi connectivity index (χ4v) is 4.10. The number of rotatable bonds is 6. The summed E-state index contributed by atoms with van der Waals surface area (Å²) in [6, 6.07) is 7.07. The van der Waals surface area contributed by atoms with Crippen LogP contribution in [0.2, 0.25) is 0 Å². The molecule has 1 heterocycles. The molecule has 1 saturated heterocycles. The normalized spacial score (nSPS) is 20.6. The molecule has 1 aromatic carbocycles. The van der Waals surface area contributed by atoms with E-state index in [1.165, 1.54) is 4.31 Å². The van der Waals surface area contributed by atoms with Crippen molar-refractivity contribution in [3.63, 3.8) is 0 Å². The third-order valence-electron chi connectivity index (χ3n) is 3.57. The van der Waals surface area contributed by atoms with Crippen molar-refractivity contribution in [1.29, 1.82) is 0 Å². The van der Waals surface area contributed by atoms with E-state index in [0.29, 0.717) is 31.2 Å². The van der Waals surface area contributed by atoms with Gasteiger partial charge in [0.2, 0.25) is 10.0 Å². The molecule has 1 aliphatic rings. The van der Waals surface area contributed by atoms with Crippen LogP contribution in [-0.4, -0.2) is 45.1 Å². The fraction of sp³-hybridized carbons (Fsp3) is 0.600. The first-order chi connectivity index (χ1) is 10.1. The zero-order valence-corrected chi connectivity index (χ0v) is 13.5. The van der Waals surface area contributed by atoms with Crippen molar-refractivity contribution >= 4 is 10.0 Å². The van der Waals surface area contributed by atoms with Crippen molar-refractivity contribution in [1.82, 2.24) is 9.62 Å². The first-order valence-corrected chi connectivity index (χ1v) is 8.89. The van der Waals surface area contributed by atoms with Gasteiger partial charge in [0.25, 0.3) is 0 Å². The van der Waals surface area contributed by atoms with E-state index in [-0.39, 0.29) is 6.04 Å². The summed E-state index contributed by atoms with van der Waals surface area (Å²) < 4.78 is 32.3. The van der Waals surface area contributed by atoms with E-state index in [0.717, 1.165) is 18.5 Å². The van der Waals surface area contributed by atoms with Crippen LogP contribution in [0, 0.1) is 0 Å². The number of benzene rings is 1. The molecule has 1 aliphatic heterocycles. The zero-order chi connectivity index (χ0) is 15.3. The largest absolute Gasteiger partial charge is 0.378 e. The van der Waals surface area contributed by atoms with Gasteiger partial charge in [-0.15, -0.1) is 0 Å². The summed E-state index contributed by atoms with van der Waals surface area (Å²) in [6.07, 6.45) is 1.06. The highest BCUT2D eigenvalue weighted by atomic mass is 32.2. The molecule has 2 rings (SSSR count). The van der Waals surface area contributed by atoms with Gasteiger partial charge in [-0.1, -0.05) is 19.1 Å². The molecule has 0 saturated carbocycles. The third kappa shape index (κ3) is 4.03. The molecule has 118 valence electrons. The molecular formula is C15H24N2O3S. The van der Waals surface area contributed by atoms with Crippen molar-refractivity contribution in [2.75, 3.05) is 26.3 Å². The summed E-state index contributed by atoms with van der Waals surface area (Å²) in [7, 11) is -3.44. The number of nitrogens with zero attached hydrogens (tertiary/aromatic N) is 1. The van der Waals surface area contributed by atoms with E-state index >= 15 is 0 Å². The molecular weight excluding hydrogens is 288 g/mol. The summed E-state index contributed by atoms with van der Waals surface area (Å²) in [5, 5.41) is 3.29. The second-order valence-corrected chi connectivity index (χ2v) is 7.25. The molecule has 1 aromatic rings. The summed E-state index contributed by atoms with van der Waals surface area (Å²) in [5.41, 5.74) is 0.991. The molecule has 0 bridgehead atoms. The van der Waals surface area contributed by atoms with E-state index in [4.69, 9.17) is 4.74 Å². The maximum absolute atomic E-state index is 12.7. The number of ether oxygens (including phenoxy) is 1. The number of sulfonamides is 1. The maximum Gasteiger partial charge on any atom is 0.243 e. The molecule has 1 N–H and O–H groups in total. The molecule has 0 amide bonds. The molecule has 0 aromatic heterocycles. The van der Waals surface area contributed by atoms with Crippen LogP contribution in [0.25, 0.3) is 0 Å². The Morgan fingerprint density at radius 1 is 1.43 bits per heavy atom. The number of nitrogens with one attached hydrogen (secondary N) is 1. The van der Waals surface area contributed by atoms with E-state index in [1.807, 2.05) is 13.0 Å². The number of hydrogen-bond acceptors (Lipinski definition) is 4. The predicted molar refractivity (Wildman–Crippen MR) is 82.6 cm³/mol. The number of hydrogen-bond donors (Lipinski definition) is 1. The Labute approximate surface area is 127 Å². The molecule has 21 heavy (non-hydrogen) atoms. The van der Waals surface area contributed by atoms with Crippen molar-refractivity contribution in [2.45, 2.75) is 37.8 Å². The Balaban J connectivity index is 2.17. The van der Waals surface area contributed by atoms with Gasteiger partial charge >= 0.3 is 0 Å². The highest BCUT2D eigenvalue weighted by molar-refractivity contribution is 7.89.